The van der Waals surface area contributed by atoms with Crippen LogP contribution in [0.2, 0.25) is 0 Å². The first-order valence-corrected chi connectivity index (χ1v) is 22.6. The Morgan fingerprint density at radius 3 is 0.694 bits per heavy atom. The van der Waals surface area contributed by atoms with Crippen molar-refractivity contribution in [3.63, 3.8) is 0 Å². The average molecular weight is 700 g/mol. The summed E-state index contributed by atoms with van der Waals surface area (Å²) in [7, 11) is 0. The summed E-state index contributed by atoms with van der Waals surface area (Å²) in [5.74, 6) is -0.911. The maximum atomic E-state index is 11.6. The van der Waals surface area contributed by atoms with Gasteiger partial charge in [0.25, 0.3) is 0 Å². The van der Waals surface area contributed by atoms with E-state index in [4.69, 9.17) is 0 Å². The Labute approximate surface area is 332 Å². The van der Waals surface area contributed by atoms with E-state index in [2.05, 4.69) is 18.7 Å². The van der Waals surface area contributed by atoms with Gasteiger partial charge in [0, 0.05) is 6.04 Å². The zero-order valence-electron chi connectivity index (χ0n) is 34.6. The van der Waals surface area contributed by atoms with E-state index in [9.17, 15) is 9.90 Å². The fourth-order valence-corrected chi connectivity index (χ4v) is 7.43. The summed E-state index contributed by atoms with van der Waals surface area (Å²) in [5, 5.41) is 11.6. The summed E-state index contributed by atoms with van der Waals surface area (Å²) in [6.07, 6.45) is 52.8. The molecule has 0 N–H and O–H groups in total. The quantitative estimate of drug-likeness (QED) is 0.0470. The van der Waals surface area contributed by atoms with E-state index < -0.39 is 12.0 Å². The summed E-state index contributed by atoms with van der Waals surface area (Å²) in [4.78, 5) is 13.8. The molecule has 0 aromatic heterocycles. The molecular weight excluding hydrogens is 609 g/mol. The second-order valence-corrected chi connectivity index (χ2v) is 15.8. The van der Waals surface area contributed by atoms with Crippen LogP contribution in [-0.2, 0) is 4.79 Å². The van der Waals surface area contributed by atoms with Crippen molar-refractivity contribution in [1.29, 1.82) is 0 Å². The van der Waals surface area contributed by atoms with Crippen LogP contribution in [0.25, 0.3) is 0 Å². The monoisotopic (exact) mass is 700 g/mol. The van der Waals surface area contributed by atoms with Gasteiger partial charge in [-0.15, -0.1) is 0 Å². The second-order valence-electron chi connectivity index (χ2n) is 15.8. The molecule has 3 nitrogen and oxygen atoms in total. The number of unbranched alkanes of at least 4 members (excludes halogenated alkanes) is 36. The number of hydrogen-bond donors (Lipinski definition) is 0. The van der Waals surface area contributed by atoms with E-state index in [1.165, 1.54) is 231 Å². The largest absolute Gasteiger partial charge is 1.00 e. The summed E-state index contributed by atoms with van der Waals surface area (Å²) in [5.41, 5.74) is 0. The van der Waals surface area contributed by atoms with Gasteiger partial charge in [-0.05, 0) is 32.9 Å². The minimum atomic E-state index is -0.911. The second kappa shape index (κ2) is 44.6. The van der Waals surface area contributed by atoms with Crippen molar-refractivity contribution < 1.29 is 39.5 Å². The molecule has 0 aromatic carbocycles. The van der Waals surface area contributed by atoms with Crippen LogP contribution < -0.4 is 34.7 Å². The molecule has 0 aliphatic carbocycles. The molecule has 0 spiro atoms. The van der Waals surface area contributed by atoms with E-state index in [-0.39, 0.29) is 29.6 Å². The van der Waals surface area contributed by atoms with Gasteiger partial charge in [0.1, 0.15) is 0 Å². The molecule has 0 amide bonds. The molecule has 0 bridgehead atoms. The Morgan fingerprint density at radius 1 is 0.367 bits per heavy atom. The Balaban J connectivity index is 0. The molecule has 0 saturated carbocycles. The first-order chi connectivity index (χ1) is 23.6. The smallest absolute Gasteiger partial charge is 0.548 e. The van der Waals surface area contributed by atoms with Crippen LogP contribution >= 0.6 is 0 Å². The Morgan fingerprint density at radius 2 is 0.531 bits per heavy atom. The topological polar surface area (TPSA) is 43.4 Å². The molecule has 0 radical (unpaired) electrons. The Kier molecular flexibility index (Phi) is 46.9. The third-order valence-corrected chi connectivity index (χ3v) is 11.0. The maximum absolute atomic E-state index is 11.6. The molecule has 0 aromatic rings. The molecule has 1 unspecified atom stereocenters. The SMILES string of the molecule is CCCCCCCCCCCCCCCCCCCCCN(CCCCCCCCCCCCCCCCCCCCC)C(C)C(=O)[O-].[Na+]. The van der Waals surface area contributed by atoms with Gasteiger partial charge in [-0.2, -0.15) is 0 Å². The molecule has 288 valence electrons. The number of carbonyl (C=O) groups is 1. The van der Waals surface area contributed by atoms with Crippen molar-refractivity contribution in [3.8, 4) is 0 Å². The number of carboxylic acids is 1. The normalized spacial score (nSPS) is 12.1. The molecular formula is C45H90NNaO2. The van der Waals surface area contributed by atoms with Crippen LogP contribution in [0, 0.1) is 0 Å². The van der Waals surface area contributed by atoms with E-state index >= 15 is 0 Å². The fraction of sp³-hybridized carbons (Fsp3) is 0.978. The van der Waals surface area contributed by atoms with Gasteiger partial charge in [-0.3, -0.25) is 4.90 Å². The Bertz CT molecular complexity index is 573. The van der Waals surface area contributed by atoms with E-state index in [0.29, 0.717) is 0 Å². The Hall–Kier alpha value is 0.430. The molecule has 0 saturated heterocycles. The van der Waals surface area contributed by atoms with Crippen molar-refractivity contribution in [2.24, 2.45) is 0 Å². The number of hydrogen-bond acceptors (Lipinski definition) is 3. The molecule has 1 atom stereocenters. The van der Waals surface area contributed by atoms with Gasteiger partial charge >= 0.3 is 29.6 Å². The third kappa shape index (κ3) is 41.1. The van der Waals surface area contributed by atoms with Gasteiger partial charge < -0.3 is 9.90 Å². The number of carbonyl (C=O) groups excluding carboxylic acids is 1. The van der Waals surface area contributed by atoms with Crippen LogP contribution in [-0.4, -0.2) is 30.0 Å². The predicted octanol–water partition coefficient (Wildman–Crippen LogP) is 11.3. The van der Waals surface area contributed by atoms with Crippen molar-refractivity contribution in [3.05, 3.63) is 0 Å². The minimum absolute atomic E-state index is 0. The van der Waals surface area contributed by atoms with Gasteiger partial charge in [0.2, 0.25) is 0 Å². The summed E-state index contributed by atoms with van der Waals surface area (Å²) < 4.78 is 0. The van der Waals surface area contributed by atoms with Gasteiger partial charge in [-0.25, -0.2) is 0 Å². The third-order valence-electron chi connectivity index (χ3n) is 11.0. The fourth-order valence-electron chi connectivity index (χ4n) is 7.43. The predicted molar refractivity (Wildman–Crippen MR) is 213 cm³/mol. The van der Waals surface area contributed by atoms with Crippen molar-refractivity contribution in [2.45, 2.75) is 271 Å². The summed E-state index contributed by atoms with van der Waals surface area (Å²) in [6.45, 7) is 8.23. The van der Waals surface area contributed by atoms with E-state index in [0.717, 1.165) is 25.9 Å². The molecule has 0 fully saturated rings. The molecule has 0 aliphatic rings. The maximum Gasteiger partial charge on any atom is 1.00 e. The van der Waals surface area contributed by atoms with Crippen molar-refractivity contribution in [2.75, 3.05) is 13.1 Å². The van der Waals surface area contributed by atoms with Crippen LogP contribution in [0.4, 0.5) is 0 Å². The van der Waals surface area contributed by atoms with Crippen LogP contribution in [0.3, 0.4) is 0 Å². The first-order valence-electron chi connectivity index (χ1n) is 22.6. The first kappa shape index (κ1) is 51.5. The van der Waals surface area contributed by atoms with E-state index in [1.54, 1.807) is 0 Å². The van der Waals surface area contributed by atoms with Crippen molar-refractivity contribution >= 4 is 5.97 Å². The molecule has 0 aliphatic heterocycles. The average Bonchev–Trinajstić information content (AvgIpc) is 3.09. The standard InChI is InChI=1S/C45H91NO2.Na/c1-4-6-8-10-12-14-16-18-20-22-24-26-28-30-32-34-36-38-40-42-46(44(3)45(47)48)43-41-39-37-35-33-31-29-27-25-23-21-19-17-15-13-11-9-7-5-2;/h44H,4-43H2,1-3H3,(H,47,48);/q;+1/p-1. The molecule has 0 rings (SSSR count). The van der Waals surface area contributed by atoms with Gasteiger partial charge in [0.15, 0.2) is 0 Å². The summed E-state index contributed by atoms with van der Waals surface area (Å²) in [6, 6.07) is -0.462. The van der Waals surface area contributed by atoms with Crippen LogP contribution in [0.1, 0.15) is 265 Å². The van der Waals surface area contributed by atoms with Gasteiger partial charge in [0.05, 0.1) is 5.97 Å². The van der Waals surface area contributed by atoms with Crippen molar-refractivity contribution in [1.82, 2.24) is 4.90 Å². The van der Waals surface area contributed by atoms with Crippen LogP contribution in [0.15, 0.2) is 0 Å². The zero-order chi connectivity index (χ0) is 35.0. The number of rotatable bonds is 42. The number of carboxylic acid groups (broad SMARTS) is 1. The molecule has 4 heteroatoms. The minimum Gasteiger partial charge on any atom is -0.548 e. The zero-order valence-corrected chi connectivity index (χ0v) is 36.6. The number of aliphatic carboxylic acids is 1. The number of nitrogens with zero attached hydrogens (tertiary/aromatic N) is 1. The molecule has 49 heavy (non-hydrogen) atoms. The summed E-state index contributed by atoms with van der Waals surface area (Å²) >= 11 is 0. The van der Waals surface area contributed by atoms with Gasteiger partial charge in [-0.1, -0.05) is 245 Å². The van der Waals surface area contributed by atoms with Crippen LogP contribution in [0.5, 0.6) is 0 Å². The van der Waals surface area contributed by atoms with E-state index in [1.807, 2.05) is 6.92 Å². The molecule has 0 heterocycles.